The second kappa shape index (κ2) is 10.0. The number of aromatic nitrogens is 2. The van der Waals surface area contributed by atoms with Gasteiger partial charge in [0.2, 0.25) is 5.91 Å². The summed E-state index contributed by atoms with van der Waals surface area (Å²) in [7, 11) is 3.05. The lowest BCUT2D eigenvalue weighted by Gasteiger charge is -2.26. The highest BCUT2D eigenvalue weighted by Gasteiger charge is 2.21. The molecule has 7 nitrogen and oxygen atoms in total. The first-order valence-corrected chi connectivity index (χ1v) is 10.8. The van der Waals surface area contributed by atoms with E-state index in [1.807, 2.05) is 24.3 Å². The van der Waals surface area contributed by atoms with Crippen LogP contribution in [0.15, 0.2) is 47.5 Å². The number of ether oxygens (including phenoxy) is 2. The quantitative estimate of drug-likeness (QED) is 0.526. The Morgan fingerprint density at radius 1 is 1.16 bits per heavy atom. The molecular formula is C24H28ClN3O4. The predicted octanol–water partition coefficient (Wildman–Crippen LogP) is 3.94. The SMILES string of the molecule is COc1cc2ncn(CCCC(=O)NCC(C)(C)c3cccc(Cl)c3)c(=O)c2cc1OC. The summed E-state index contributed by atoms with van der Waals surface area (Å²) in [4.78, 5) is 29.5. The van der Waals surface area contributed by atoms with Crippen molar-refractivity contribution in [3.05, 3.63) is 63.7 Å². The molecule has 0 aliphatic rings. The summed E-state index contributed by atoms with van der Waals surface area (Å²) in [5, 5.41) is 4.10. The summed E-state index contributed by atoms with van der Waals surface area (Å²) < 4.78 is 12.1. The topological polar surface area (TPSA) is 82.5 Å². The Morgan fingerprint density at radius 3 is 2.56 bits per heavy atom. The summed E-state index contributed by atoms with van der Waals surface area (Å²) in [5.41, 5.74) is 1.16. The molecule has 0 unspecified atom stereocenters. The van der Waals surface area contributed by atoms with Crippen molar-refractivity contribution in [1.82, 2.24) is 14.9 Å². The number of hydrogen-bond acceptors (Lipinski definition) is 5. The zero-order valence-corrected chi connectivity index (χ0v) is 19.5. The van der Waals surface area contributed by atoms with Crippen LogP contribution in [0.25, 0.3) is 10.9 Å². The lowest BCUT2D eigenvalue weighted by molar-refractivity contribution is -0.121. The Morgan fingerprint density at radius 2 is 1.88 bits per heavy atom. The average Bonchev–Trinajstić information content (AvgIpc) is 2.78. The third kappa shape index (κ3) is 5.40. The van der Waals surface area contributed by atoms with Crippen molar-refractivity contribution >= 4 is 28.4 Å². The lowest BCUT2D eigenvalue weighted by Crippen LogP contribution is -2.36. The first-order valence-electron chi connectivity index (χ1n) is 10.4. The molecule has 0 radical (unpaired) electrons. The largest absolute Gasteiger partial charge is 0.493 e. The van der Waals surface area contributed by atoms with Crippen molar-refractivity contribution in [1.29, 1.82) is 0 Å². The van der Waals surface area contributed by atoms with Gasteiger partial charge in [-0.05, 0) is 30.2 Å². The first kappa shape index (κ1) is 23.6. The van der Waals surface area contributed by atoms with Gasteiger partial charge in [0.25, 0.3) is 5.56 Å². The molecule has 1 aromatic heterocycles. The van der Waals surface area contributed by atoms with Crippen molar-refractivity contribution in [2.24, 2.45) is 0 Å². The van der Waals surface area contributed by atoms with Crippen molar-refractivity contribution in [3.63, 3.8) is 0 Å². The van der Waals surface area contributed by atoms with Gasteiger partial charge in [0.05, 0.1) is 31.4 Å². The highest BCUT2D eigenvalue weighted by atomic mass is 35.5. The van der Waals surface area contributed by atoms with E-state index in [0.717, 1.165) is 5.56 Å². The van der Waals surface area contributed by atoms with Crippen LogP contribution in [0, 0.1) is 0 Å². The van der Waals surface area contributed by atoms with Gasteiger partial charge >= 0.3 is 0 Å². The molecule has 2 aromatic carbocycles. The minimum absolute atomic E-state index is 0.0618. The summed E-state index contributed by atoms with van der Waals surface area (Å²) in [5.74, 6) is 0.925. The molecule has 0 aliphatic heterocycles. The van der Waals surface area contributed by atoms with Crippen molar-refractivity contribution in [2.75, 3.05) is 20.8 Å². The molecule has 0 aliphatic carbocycles. The molecular weight excluding hydrogens is 430 g/mol. The summed E-state index contributed by atoms with van der Waals surface area (Å²) in [6.07, 6.45) is 2.32. The zero-order chi connectivity index (χ0) is 23.3. The van der Waals surface area contributed by atoms with Crippen LogP contribution in [-0.4, -0.2) is 36.2 Å². The third-order valence-corrected chi connectivity index (χ3v) is 5.70. The van der Waals surface area contributed by atoms with Gasteiger partial charge in [0, 0.05) is 36.0 Å². The van der Waals surface area contributed by atoms with Crippen LogP contribution in [-0.2, 0) is 16.8 Å². The van der Waals surface area contributed by atoms with E-state index >= 15 is 0 Å². The molecule has 0 saturated heterocycles. The second-order valence-electron chi connectivity index (χ2n) is 8.24. The fourth-order valence-corrected chi connectivity index (χ4v) is 3.66. The van der Waals surface area contributed by atoms with Gasteiger partial charge in [-0.3, -0.25) is 14.2 Å². The molecule has 0 bridgehead atoms. The Kier molecular flexibility index (Phi) is 7.40. The molecule has 1 amide bonds. The number of carbonyl (C=O) groups is 1. The Bertz CT molecular complexity index is 1170. The van der Waals surface area contributed by atoms with Crippen molar-refractivity contribution in [2.45, 2.75) is 38.6 Å². The summed E-state index contributed by atoms with van der Waals surface area (Å²) >= 11 is 6.09. The van der Waals surface area contributed by atoms with E-state index in [4.69, 9.17) is 21.1 Å². The van der Waals surface area contributed by atoms with Gasteiger partial charge in [-0.2, -0.15) is 0 Å². The molecule has 1 N–H and O–H groups in total. The van der Waals surface area contributed by atoms with Gasteiger partial charge in [-0.1, -0.05) is 37.6 Å². The Hall–Kier alpha value is -3.06. The molecule has 170 valence electrons. The van der Waals surface area contributed by atoms with Crippen molar-refractivity contribution in [3.8, 4) is 11.5 Å². The number of carbonyl (C=O) groups excluding carboxylic acids is 1. The fraction of sp³-hybridized carbons (Fsp3) is 0.375. The van der Waals surface area contributed by atoms with Gasteiger partial charge in [-0.25, -0.2) is 4.98 Å². The number of nitrogens with one attached hydrogen (secondary N) is 1. The molecule has 3 rings (SSSR count). The molecule has 3 aromatic rings. The molecule has 0 saturated carbocycles. The number of halogens is 1. The van der Waals surface area contributed by atoms with Crippen LogP contribution < -0.4 is 20.3 Å². The highest BCUT2D eigenvalue weighted by Crippen LogP contribution is 2.30. The number of hydrogen-bond donors (Lipinski definition) is 1. The van der Waals surface area contributed by atoms with Crippen LogP contribution in [0.3, 0.4) is 0 Å². The van der Waals surface area contributed by atoms with Crippen LogP contribution in [0.4, 0.5) is 0 Å². The molecule has 0 atom stereocenters. The van der Waals surface area contributed by atoms with Crippen LogP contribution in [0.2, 0.25) is 5.02 Å². The number of nitrogens with zero attached hydrogens (tertiary/aromatic N) is 2. The maximum absolute atomic E-state index is 12.8. The van der Waals surface area contributed by atoms with Gasteiger partial charge in [-0.15, -0.1) is 0 Å². The zero-order valence-electron chi connectivity index (χ0n) is 18.8. The average molecular weight is 458 g/mol. The third-order valence-electron chi connectivity index (χ3n) is 5.47. The predicted molar refractivity (Wildman–Crippen MR) is 126 cm³/mol. The normalized spacial score (nSPS) is 11.4. The van der Waals surface area contributed by atoms with Crippen LogP contribution in [0.1, 0.15) is 32.3 Å². The van der Waals surface area contributed by atoms with E-state index in [1.165, 1.54) is 25.1 Å². The van der Waals surface area contributed by atoms with E-state index in [1.54, 1.807) is 12.1 Å². The molecule has 0 spiro atoms. The van der Waals surface area contributed by atoms with E-state index in [2.05, 4.69) is 24.1 Å². The maximum Gasteiger partial charge on any atom is 0.261 e. The van der Waals surface area contributed by atoms with Crippen molar-refractivity contribution < 1.29 is 14.3 Å². The second-order valence-corrected chi connectivity index (χ2v) is 8.68. The van der Waals surface area contributed by atoms with Gasteiger partial charge < -0.3 is 14.8 Å². The first-order chi connectivity index (χ1) is 15.2. The number of fused-ring (bicyclic) bond motifs is 1. The number of methoxy groups -OCH3 is 2. The van der Waals surface area contributed by atoms with E-state index < -0.39 is 0 Å². The Balaban J connectivity index is 1.59. The number of benzene rings is 2. The van der Waals surface area contributed by atoms with Gasteiger partial charge in [0.1, 0.15) is 0 Å². The standard InChI is InChI=1S/C24H28ClN3O4/c1-24(2,16-7-5-8-17(25)11-16)14-26-22(29)9-6-10-28-15-27-19-13-21(32-4)20(31-3)12-18(19)23(28)30/h5,7-8,11-13,15H,6,9-10,14H2,1-4H3,(H,26,29). The minimum atomic E-state index is -0.250. The smallest absolute Gasteiger partial charge is 0.261 e. The summed E-state index contributed by atoms with van der Waals surface area (Å²) in [6.45, 7) is 5.00. The van der Waals surface area contributed by atoms with E-state index in [-0.39, 0.29) is 16.9 Å². The summed E-state index contributed by atoms with van der Waals surface area (Å²) in [6, 6.07) is 11.0. The molecule has 0 fully saturated rings. The fourth-order valence-electron chi connectivity index (χ4n) is 3.47. The highest BCUT2D eigenvalue weighted by molar-refractivity contribution is 6.30. The molecule has 1 heterocycles. The van der Waals surface area contributed by atoms with E-state index in [0.29, 0.717) is 53.4 Å². The maximum atomic E-state index is 12.8. The minimum Gasteiger partial charge on any atom is -0.493 e. The number of aryl methyl sites for hydroxylation is 1. The molecule has 32 heavy (non-hydrogen) atoms. The molecule has 8 heteroatoms. The monoisotopic (exact) mass is 457 g/mol. The number of rotatable bonds is 9. The lowest BCUT2D eigenvalue weighted by atomic mass is 9.84. The van der Waals surface area contributed by atoms with Gasteiger partial charge in [0.15, 0.2) is 11.5 Å². The Labute approximate surface area is 192 Å². The van der Waals surface area contributed by atoms with E-state index in [9.17, 15) is 9.59 Å². The van der Waals surface area contributed by atoms with Crippen LogP contribution in [0.5, 0.6) is 11.5 Å². The number of amides is 1. The van der Waals surface area contributed by atoms with Crippen LogP contribution >= 0.6 is 11.6 Å².